The highest BCUT2D eigenvalue weighted by Gasteiger charge is 2.16. The molecule has 1 heteroatoms. The molecule has 1 nitrogen and oxygen atoms in total. The van der Waals surface area contributed by atoms with Gasteiger partial charge in [-0.05, 0) is 33.6 Å². The summed E-state index contributed by atoms with van der Waals surface area (Å²) in [5, 5.41) is 0. The van der Waals surface area contributed by atoms with E-state index < -0.39 is 0 Å². The van der Waals surface area contributed by atoms with Crippen LogP contribution in [-0.2, 0) is 4.74 Å². The van der Waals surface area contributed by atoms with Crippen LogP contribution in [0.4, 0.5) is 0 Å². The molecule has 0 unspecified atom stereocenters. The summed E-state index contributed by atoms with van der Waals surface area (Å²) in [6.45, 7) is 12.7. The normalized spacial score (nSPS) is 15.9. The quantitative estimate of drug-likeness (QED) is 0.579. The Kier molecular flexibility index (Phi) is 3.37. The van der Waals surface area contributed by atoms with Crippen molar-refractivity contribution < 1.29 is 4.74 Å². The maximum atomic E-state index is 5.70. The van der Waals surface area contributed by atoms with Crippen molar-refractivity contribution in [2.24, 2.45) is 5.92 Å². The standard InChI is InChI=1S/C9H20O/c1-7(2)8(3)10-9(4,5)6/h7-8H,1-6H3/t8-/m1/s1. The highest BCUT2D eigenvalue weighted by atomic mass is 16.5. The highest BCUT2D eigenvalue weighted by Crippen LogP contribution is 2.15. The van der Waals surface area contributed by atoms with Gasteiger partial charge in [0.1, 0.15) is 0 Å². The van der Waals surface area contributed by atoms with Crippen LogP contribution in [0.5, 0.6) is 0 Å². The molecule has 10 heavy (non-hydrogen) atoms. The molecule has 0 amide bonds. The first kappa shape index (κ1) is 9.96. The highest BCUT2D eigenvalue weighted by molar-refractivity contribution is 4.64. The van der Waals surface area contributed by atoms with Crippen molar-refractivity contribution in [1.82, 2.24) is 0 Å². The van der Waals surface area contributed by atoms with Crippen LogP contribution in [0.25, 0.3) is 0 Å². The van der Waals surface area contributed by atoms with Crippen LogP contribution >= 0.6 is 0 Å². The van der Waals surface area contributed by atoms with E-state index in [0.717, 1.165) is 0 Å². The molecule has 0 spiro atoms. The number of ether oxygens (including phenoxy) is 1. The van der Waals surface area contributed by atoms with E-state index >= 15 is 0 Å². The number of hydrogen-bond acceptors (Lipinski definition) is 1. The van der Waals surface area contributed by atoms with Gasteiger partial charge in [0, 0.05) is 0 Å². The van der Waals surface area contributed by atoms with Gasteiger partial charge in [-0.1, -0.05) is 13.8 Å². The lowest BCUT2D eigenvalue weighted by Gasteiger charge is -2.27. The van der Waals surface area contributed by atoms with E-state index in [1.54, 1.807) is 0 Å². The monoisotopic (exact) mass is 144 g/mol. The molecule has 1 atom stereocenters. The Balaban J connectivity index is 3.68. The Hall–Kier alpha value is -0.0400. The summed E-state index contributed by atoms with van der Waals surface area (Å²) in [6.07, 6.45) is 0.361. The van der Waals surface area contributed by atoms with E-state index in [1.807, 2.05) is 0 Å². The summed E-state index contributed by atoms with van der Waals surface area (Å²) in [6, 6.07) is 0. The number of rotatable bonds is 2. The minimum atomic E-state index is 0.00366. The van der Waals surface area contributed by atoms with Gasteiger partial charge in [0.2, 0.25) is 0 Å². The molecule has 0 aliphatic heterocycles. The fourth-order valence-electron chi connectivity index (χ4n) is 0.694. The van der Waals surface area contributed by atoms with Gasteiger partial charge in [0.15, 0.2) is 0 Å². The maximum absolute atomic E-state index is 5.70. The zero-order chi connectivity index (χ0) is 8.36. The molecular weight excluding hydrogens is 124 g/mol. The second kappa shape index (κ2) is 3.38. The van der Waals surface area contributed by atoms with Crippen LogP contribution in [0.3, 0.4) is 0 Å². The first-order valence-corrected chi connectivity index (χ1v) is 4.01. The van der Waals surface area contributed by atoms with Crippen molar-refractivity contribution in [3.63, 3.8) is 0 Å². The smallest absolute Gasteiger partial charge is 0.0602 e. The summed E-state index contributed by atoms with van der Waals surface area (Å²) in [7, 11) is 0. The molecule has 0 aromatic carbocycles. The predicted molar refractivity (Wildman–Crippen MR) is 45.1 cm³/mol. The molecule has 0 rings (SSSR count). The largest absolute Gasteiger partial charge is 0.373 e. The molecule has 0 saturated heterocycles. The molecule has 0 radical (unpaired) electrons. The van der Waals surface area contributed by atoms with Crippen molar-refractivity contribution in [2.45, 2.75) is 53.2 Å². The molecule has 62 valence electrons. The average molecular weight is 144 g/mol. The third-order valence-corrected chi connectivity index (χ3v) is 1.48. The summed E-state index contributed by atoms with van der Waals surface area (Å²) >= 11 is 0. The summed E-state index contributed by atoms with van der Waals surface area (Å²) in [5.74, 6) is 0.610. The molecule has 0 heterocycles. The maximum Gasteiger partial charge on any atom is 0.0602 e. The van der Waals surface area contributed by atoms with E-state index in [1.165, 1.54) is 0 Å². The SMILES string of the molecule is CC(C)[C@@H](C)OC(C)(C)C. The molecule has 0 saturated carbocycles. The van der Waals surface area contributed by atoms with Gasteiger partial charge in [0.25, 0.3) is 0 Å². The summed E-state index contributed by atoms with van der Waals surface area (Å²) in [4.78, 5) is 0. The van der Waals surface area contributed by atoms with Gasteiger partial charge in [-0.25, -0.2) is 0 Å². The molecule has 0 aromatic rings. The van der Waals surface area contributed by atoms with Crippen molar-refractivity contribution in [1.29, 1.82) is 0 Å². The Bertz CT molecular complexity index is 89.4. The van der Waals surface area contributed by atoms with Gasteiger partial charge in [-0.2, -0.15) is 0 Å². The lowest BCUT2D eigenvalue weighted by molar-refractivity contribution is -0.0698. The van der Waals surface area contributed by atoms with Gasteiger partial charge in [-0.3, -0.25) is 0 Å². The van der Waals surface area contributed by atoms with Crippen molar-refractivity contribution in [3.05, 3.63) is 0 Å². The Labute approximate surface area is 64.8 Å². The Morgan fingerprint density at radius 2 is 1.40 bits per heavy atom. The fraction of sp³-hybridized carbons (Fsp3) is 1.00. The average Bonchev–Trinajstić information content (AvgIpc) is 1.60. The van der Waals surface area contributed by atoms with Crippen molar-refractivity contribution in [2.75, 3.05) is 0 Å². The lowest BCUT2D eigenvalue weighted by Crippen LogP contribution is -2.28. The molecule has 0 aliphatic rings. The Morgan fingerprint density at radius 1 is 1.00 bits per heavy atom. The molecular formula is C9H20O. The minimum absolute atomic E-state index is 0.00366. The first-order valence-electron chi connectivity index (χ1n) is 4.01. The third kappa shape index (κ3) is 4.80. The van der Waals surface area contributed by atoms with Crippen molar-refractivity contribution >= 4 is 0 Å². The predicted octanol–water partition coefficient (Wildman–Crippen LogP) is 2.85. The second-order valence-electron chi connectivity index (χ2n) is 4.18. The van der Waals surface area contributed by atoms with Gasteiger partial charge < -0.3 is 4.74 Å². The topological polar surface area (TPSA) is 9.23 Å². The summed E-state index contributed by atoms with van der Waals surface area (Å²) in [5.41, 5.74) is 0.00366. The van der Waals surface area contributed by atoms with E-state index in [2.05, 4.69) is 41.5 Å². The van der Waals surface area contributed by atoms with Gasteiger partial charge >= 0.3 is 0 Å². The zero-order valence-corrected chi connectivity index (χ0v) is 8.06. The lowest BCUT2D eigenvalue weighted by atomic mass is 10.1. The van der Waals surface area contributed by atoms with Gasteiger partial charge in [0.05, 0.1) is 11.7 Å². The third-order valence-electron chi connectivity index (χ3n) is 1.48. The zero-order valence-electron chi connectivity index (χ0n) is 8.06. The van der Waals surface area contributed by atoms with E-state index in [0.29, 0.717) is 12.0 Å². The van der Waals surface area contributed by atoms with Crippen LogP contribution < -0.4 is 0 Å². The second-order valence-corrected chi connectivity index (χ2v) is 4.18. The summed E-state index contributed by atoms with van der Waals surface area (Å²) < 4.78 is 5.70. The minimum Gasteiger partial charge on any atom is -0.373 e. The van der Waals surface area contributed by atoms with E-state index in [9.17, 15) is 0 Å². The van der Waals surface area contributed by atoms with Crippen LogP contribution in [0.2, 0.25) is 0 Å². The van der Waals surface area contributed by atoms with Crippen LogP contribution in [0, 0.1) is 5.92 Å². The Morgan fingerprint density at radius 3 is 1.50 bits per heavy atom. The van der Waals surface area contributed by atoms with Crippen molar-refractivity contribution in [3.8, 4) is 0 Å². The first-order chi connectivity index (χ1) is 4.33. The molecule has 0 fully saturated rings. The molecule has 0 aromatic heterocycles. The van der Waals surface area contributed by atoms with Crippen LogP contribution in [0.15, 0.2) is 0 Å². The van der Waals surface area contributed by atoms with Crippen LogP contribution in [0.1, 0.15) is 41.5 Å². The fourth-order valence-corrected chi connectivity index (χ4v) is 0.694. The van der Waals surface area contributed by atoms with Gasteiger partial charge in [-0.15, -0.1) is 0 Å². The molecule has 0 bridgehead atoms. The number of hydrogen-bond donors (Lipinski definition) is 0. The van der Waals surface area contributed by atoms with E-state index in [-0.39, 0.29) is 5.60 Å². The van der Waals surface area contributed by atoms with E-state index in [4.69, 9.17) is 4.74 Å². The molecule has 0 aliphatic carbocycles. The van der Waals surface area contributed by atoms with Crippen LogP contribution in [-0.4, -0.2) is 11.7 Å². The molecule has 0 N–H and O–H groups in total.